The predicted molar refractivity (Wildman–Crippen MR) is 74.7 cm³/mol. The number of pyridine rings is 1. The van der Waals surface area contributed by atoms with Crippen molar-refractivity contribution < 1.29 is 9.76 Å². The molecule has 0 aliphatic rings. The SMILES string of the molecule is Cc1cc(BOC(C)(C)C(C)(C)O)cn(C)c1=O. The summed E-state index contributed by atoms with van der Waals surface area (Å²) < 4.78 is 7.31. The first kappa shape index (κ1) is 15.0. The molecule has 5 heteroatoms. The highest BCUT2D eigenvalue weighted by Crippen LogP contribution is 2.24. The van der Waals surface area contributed by atoms with Crippen molar-refractivity contribution in [1.29, 1.82) is 0 Å². The van der Waals surface area contributed by atoms with Crippen molar-refractivity contribution in [3.05, 3.63) is 28.2 Å². The van der Waals surface area contributed by atoms with Gasteiger partial charge in [-0.25, -0.2) is 0 Å². The Morgan fingerprint density at radius 1 is 1.33 bits per heavy atom. The van der Waals surface area contributed by atoms with Gasteiger partial charge >= 0.3 is 7.48 Å². The third-order valence-electron chi connectivity index (χ3n) is 3.49. The van der Waals surface area contributed by atoms with Crippen LogP contribution < -0.4 is 11.0 Å². The molecule has 1 heterocycles. The Morgan fingerprint density at radius 2 is 1.89 bits per heavy atom. The van der Waals surface area contributed by atoms with Gasteiger partial charge in [-0.1, -0.05) is 6.07 Å². The van der Waals surface area contributed by atoms with E-state index in [2.05, 4.69) is 0 Å². The molecule has 0 aliphatic heterocycles. The second-order valence-corrected chi connectivity index (χ2v) is 5.81. The highest BCUT2D eigenvalue weighted by atomic mass is 16.5. The topological polar surface area (TPSA) is 51.5 Å². The molecule has 0 saturated heterocycles. The Labute approximate surface area is 109 Å². The van der Waals surface area contributed by atoms with Gasteiger partial charge in [0.05, 0.1) is 11.2 Å². The van der Waals surface area contributed by atoms with Gasteiger partial charge in [-0.05, 0) is 40.1 Å². The zero-order valence-electron chi connectivity index (χ0n) is 12.1. The highest BCUT2D eigenvalue weighted by molar-refractivity contribution is 6.46. The standard InChI is InChI=1S/C13H22BNO3/c1-9-7-10(8-15(6)11(9)16)14-18-13(4,5)12(2,3)17/h7-8,14,17H,1-6H3. The van der Waals surface area contributed by atoms with Crippen LogP contribution in [-0.2, 0) is 11.7 Å². The zero-order chi connectivity index (χ0) is 14.1. The van der Waals surface area contributed by atoms with Crippen LogP contribution in [0.5, 0.6) is 0 Å². The van der Waals surface area contributed by atoms with Gasteiger partial charge in [0.1, 0.15) is 0 Å². The summed E-state index contributed by atoms with van der Waals surface area (Å²) in [7, 11) is 2.09. The molecule has 1 N–H and O–H groups in total. The van der Waals surface area contributed by atoms with E-state index in [0.29, 0.717) is 13.0 Å². The molecular weight excluding hydrogens is 229 g/mol. The summed E-state index contributed by atoms with van der Waals surface area (Å²) in [5, 5.41) is 10.00. The molecule has 18 heavy (non-hydrogen) atoms. The first-order chi connectivity index (χ1) is 8.04. The van der Waals surface area contributed by atoms with Crippen molar-refractivity contribution in [3.63, 3.8) is 0 Å². The van der Waals surface area contributed by atoms with E-state index in [1.165, 1.54) is 0 Å². The number of hydrogen-bond donors (Lipinski definition) is 1. The largest absolute Gasteiger partial charge is 0.427 e. The molecule has 0 bridgehead atoms. The monoisotopic (exact) mass is 251 g/mol. The highest BCUT2D eigenvalue weighted by Gasteiger charge is 2.35. The minimum Gasteiger partial charge on any atom is -0.427 e. The lowest BCUT2D eigenvalue weighted by Gasteiger charge is -2.37. The summed E-state index contributed by atoms with van der Waals surface area (Å²) >= 11 is 0. The molecule has 4 nitrogen and oxygen atoms in total. The maximum Gasteiger partial charge on any atom is 0.310 e. The fraction of sp³-hybridized carbons (Fsp3) is 0.615. The normalized spacial score (nSPS) is 12.6. The smallest absolute Gasteiger partial charge is 0.310 e. The molecule has 1 rings (SSSR count). The molecule has 1 aromatic rings. The maximum absolute atomic E-state index is 11.6. The second-order valence-electron chi connectivity index (χ2n) is 5.81. The minimum absolute atomic E-state index is 0.000461. The number of nitrogens with zero attached hydrogens (tertiary/aromatic N) is 1. The van der Waals surface area contributed by atoms with Crippen molar-refractivity contribution in [2.24, 2.45) is 7.05 Å². The van der Waals surface area contributed by atoms with Gasteiger partial charge in [0.15, 0.2) is 0 Å². The molecule has 1 aromatic heterocycles. The summed E-state index contributed by atoms with van der Waals surface area (Å²) in [6.45, 7) is 8.93. The molecule has 0 aliphatic carbocycles. The molecule has 0 fully saturated rings. The van der Waals surface area contributed by atoms with Crippen LogP contribution in [0.2, 0.25) is 0 Å². The summed E-state index contributed by atoms with van der Waals surface area (Å²) in [6, 6.07) is 1.82. The number of aryl methyl sites for hydroxylation is 2. The molecule has 0 amide bonds. The first-order valence-corrected chi connectivity index (χ1v) is 6.07. The average Bonchev–Trinajstić information content (AvgIpc) is 2.21. The molecule has 0 unspecified atom stereocenters. The second kappa shape index (κ2) is 4.90. The van der Waals surface area contributed by atoms with E-state index in [1.54, 1.807) is 38.6 Å². The van der Waals surface area contributed by atoms with E-state index in [1.807, 2.05) is 19.9 Å². The lowest BCUT2D eigenvalue weighted by Crippen LogP contribution is -2.49. The predicted octanol–water partition coefficient (Wildman–Crippen LogP) is 0.237. The van der Waals surface area contributed by atoms with Crippen LogP contribution in [0, 0.1) is 6.92 Å². The quantitative estimate of drug-likeness (QED) is 0.780. The van der Waals surface area contributed by atoms with Crippen LogP contribution in [0.1, 0.15) is 33.3 Å². The van der Waals surface area contributed by atoms with E-state index in [0.717, 1.165) is 5.46 Å². The van der Waals surface area contributed by atoms with Crippen LogP contribution in [0.4, 0.5) is 0 Å². The summed E-state index contributed by atoms with van der Waals surface area (Å²) in [6.07, 6.45) is 1.76. The Kier molecular flexibility index (Phi) is 4.08. The lowest BCUT2D eigenvalue weighted by molar-refractivity contribution is -0.0893. The van der Waals surface area contributed by atoms with Crippen molar-refractivity contribution in [1.82, 2.24) is 4.57 Å². The van der Waals surface area contributed by atoms with Gasteiger partial charge in [0, 0.05) is 18.8 Å². The van der Waals surface area contributed by atoms with Gasteiger partial charge in [-0.15, -0.1) is 0 Å². The third-order valence-corrected chi connectivity index (χ3v) is 3.49. The molecule has 0 saturated carbocycles. The van der Waals surface area contributed by atoms with Crippen molar-refractivity contribution in [2.75, 3.05) is 0 Å². The zero-order valence-corrected chi connectivity index (χ0v) is 12.1. The number of aliphatic hydroxyl groups is 1. The van der Waals surface area contributed by atoms with Gasteiger partial charge in [0.25, 0.3) is 5.56 Å². The van der Waals surface area contributed by atoms with Crippen molar-refractivity contribution in [3.8, 4) is 0 Å². The van der Waals surface area contributed by atoms with Crippen LogP contribution in [-0.4, -0.2) is 28.4 Å². The van der Waals surface area contributed by atoms with E-state index >= 15 is 0 Å². The number of hydrogen-bond acceptors (Lipinski definition) is 3. The Balaban J connectivity index is 2.85. The van der Waals surface area contributed by atoms with E-state index in [4.69, 9.17) is 4.65 Å². The van der Waals surface area contributed by atoms with Gasteiger partial charge in [0.2, 0.25) is 0 Å². The van der Waals surface area contributed by atoms with Crippen LogP contribution in [0.25, 0.3) is 0 Å². The van der Waals surface area contributed by atoms with Crippen molar-refractivity contribution in [2.45, 2.75) is 45.8 Å². The van der Waals surface area contributed by atoms with Crippen LogP contribution in [0.15, 0.2) is 17.1 Å². The summed E-state index contributed by atoms with van der Waals surface area (Å²) in [4.78, 5) is 11.6. The Bertz CT molecular complexity index is 460. The van der Waals surface area contributed by atoms with E-state index < -0.39 is 11.2 Å². The van der Waals surface area contributed by atoms with Gasteiger partial charge in [-0.2, -0.15) is 0 Å². The molecule has 0 spiro atoms. The Morgan fingerprint density at radius 3 is 2.33 bits per heavy atom. The molecule has 0 atom stereocenters. The molecule has 0 aromatic carbocycles. The third kappa shape index (κ3) is 3.24. The maximum atomic E-state index is 11.6. The summed E-state index contributed by atoms with van der Waals surface area (Å²) in [5.41, 5.74) is 0.0327. The van der Waals surface area contributed by atoms with Gasteiger partial charge in [-0.3, -0.25) is 4.79 Å². The van der Waals surface area contributed by atoms with E-state index in [-0.39, 0.29) is 5.56 Å². The van der Waals surface area contributed by atoms with Gasteiger partial charge < -0.3 is 14.3 Å². The number of aromatic nitrogens is 1. The lowest BCUT2D eigenvalue weighted by atomic mass is 9.83. The Hall–Kier alpha value is -1.07. The fourth-order valence-corrected chi connectivity index (χ4v) is 1.48. The van der Waals surface area contributed by atoms with Crippen LogP contribution >= 0.6 is 0 Å². The fourth-order valence-electron chi connectivity index (χ4n) is 1.48. The number of rotatable bonds is 4. The minimum atomic E-state index is -0.928. The average molecular weight is 251 g/mol. The van der Waals surface area contributed by atoms with E-state index in [9.17, 15) is 9.90 Å². The first-order valence-electron chi connectivity index (χ1n) is 6.07. The molecule has 0 radical (unpaired) electrons. The van der Waals surface area contributed by atoms with Crippen LogP contribution in [0.3, 0.4) is 0 Å². The van der Waals surface area contributed by atoms with Crippen molar-refractivity contribution >= 4 is 12.9 Å². The molecular formula is C13H22BNO3. The molecule has 100 valence electrons. The summed E-state index contributed by atoms with van der Waals surface area (Å²) in [5.74, 6) is 0.